The summed E-state index contributed by atoms with van der Waals surface area (Å²) in [6.07, 6.45) is 1.98. The van der Waals surface area contributed by atoms with Gasteiger partial charge in [0, 0.05) is 11.1 Å². The molecule has 4 nitrogen and oxygen atoms in total. The Morgan fingerprint density at radius 1 is 1.29 bits per heavy atom. The van der Waals surface area contributed by atoms with Gasteiger partial charge in [-0.15, -0.1) is 0 Å². The summed E-state index contributed by atoms with van der Waals surface area (Å²) in [6, 6.07) is 9.69. The molecule has 1 aromatic heterocycles. The van der Waals surface area contributed by atoms with Gasteiger partial charge in [-0.25, -0.2) is 9.78 Å². The second-order valence-corrected chi connectivity index (χ2v) is 5.05. The number of hydrogen-bond acceptors (Lipinski definition) is 4. The Bertz CT molecular complexity index is 624. The maximum absolute atomic E-state index is 11.9. The van der Waals surface area contributed by atoms with E-state index in [1.807, 2.05) is 37.3 Å². The van der Waals surface area contributed by atoms with Crippen molar-refractivity contribution in [3.8, 4) is 5.75 Å². The lowest BCUT2D eigenvalue weighted by molar-refractivity contribution is -0.149. The molecule has 0 spiro atoms. The molecule has 112 valence electrons. The van der Waals surface area contributed by atoms with Crippen molar-refractivity contribution in [1.29, 1.82) is 0 Å². The summed E-state index contributed by atoms with van der Waals surface area (Å²) in [4.78, 5) is 16.4. The summed E-state index contributed by atoms with van der Waals surface area (Å²) in [5, 5.41) is 0.997. The minimum Gasteiger partial charge on any atom is -0.476 e. The molecular weight excluding hydrogens is 266 g/mol. The van der Waals surface area contributed by atoms with Gasteiger partial charge >= 0.3 is 5.97 Å². The number of benzene rings is 1. The van der Waals surface area contributed by atoms with Crippen molar-refractivity contribution in [1.82, 2.24) is 4.98 Å². The lowest BCUT2D eigenvalue weighted by Crippen LogP contribution is -2.28. The number of para-hydroxylation sites is 1. The molecule has 21 heavy (non-hydrogen) atoms. The van der Waals surface area contributed by atoms with Gasteiger partial charge in [-0.2, -0.15) is 0 Å². The van der Waals surface area contributed by atoms with Crippen LogP contribution in [-0.4, -0.2) is 24.2 Å². The highest BCUT2D eigenvalue weighted by atomic mass is 16.6. The Kier molecular flexibility index (Phi) is 5.14. The van der Waals surface area contributed by atoms with Crippen LogP contribution in [0.1, 0.15) is 31.9 Å². The molecule has 4 heteroatoms. The van der Waals surface area contributed by atoms with Crippen molar-refractivity contribution in [2.45, 2.75) is 39.2 Å². The first kappa shape index (κ1) is 15.3. The summed E-state index contributed by atoms with van der Waals surface area (Å²) in [5.74, 6) is 0.288. The SMILES string of the molecule is CCCCC(Oc1cccc2ccc(C)nc12)C(=O)OC. The Morgan fingerprint density at radius 2 is 2.10 bits per heavy atom. The fourth-order valence-electron chi connectivity index (χ4n) is 2.21. The Balaban J connectivity index is 2.31. The minimum atomic E-state index is -0.581. The number of carbonyl (C=O) groups excluding carboxylic acids is 1. The predicted octanol–water partition coefficient (Wildman–Crippen LogP) is 3.65. The molecule has 0 aliphatic carbocycles. The molecule has 1 heterocycles. The first-order valence-corrected chi connectivity index (χ1v) is 7.26. The van der Waals surface area contributed by atoms with E-state index in [-0.39, 0.29) is 5.97 Å². The number of carbonyl (C=O) groups is 1. The molecule has 1 unspecified atom stereocenters. The topological polar surface area (TPSA) is 48.4 Å². The quantitative estimate of drug-likeness (QED) is 0.761. The number of pyridine rings is 1. The second kappa shape index (κ2) is 7.07. The average molecular weight is 287 g/mol. The van der Waals surface area contributed by atoms with E-state index in [1.54, 1.807) is 0 Å². The van der Waals surface area contributed by atoms with Crippen LogP contribution in [0.4, 0.5) is 0 Å². The predicted molar refractivity (Wildman–Crippen MR) is 82.4 cm³/mol. The summed E-state index contributed by atoms with van der Waals surface area (Å²) in [5.41, 5.74) is 1.70. The van der Waals surface area contributed by atoms with Gasteiger partial charge in [0.15, 0.2) is 6.10 Å². The number of esters is 1. The lowest BCUT2D eigenvalue weighted by atomic mass is 10.1. The number of fused-ring (bicyclic) bond motifs is 1. The lowest BCUT2D eigenvalue weighted by Gasteiger charge is -2.17. The normalized spacial score (nSPS) is 12.1. The summed E-state index contributed by atoms with van der Waals surface area (Å²) in [7, 11) is 1.39. The fraction of sp³-hybridized carbons (Fsp3) is 0.412. The molecule has 2 rings (SSSR count). The van der Waals surface area contributed by atoms with E-state index in [1.165, 1.54) is 7.11 Å². The first-order chi connectivity index (χ1) is 10.2. The zero-order valence-corrected chi connectivity index (χ0v) is 12.8. The smallest absolute Gasteiger partial charge is 0.347 e. The summed E-state index contributed by atoms with van der Waals surface area (Å²) >= 11 is 0. The van der Waals surface area contributed by atoms with Gasteiger partial charge in [0.1, 0.15) is 11.3 Å². The van der Waals surface area contributed by atoms with Crippen molar-refractivity contribution >= 4 is 16.9 Å². The third-order valence-corrected chi connectivity index (χ3v) is 3.38. The Hall–Kier alpha value is -2.10. The van der Waals surface area contributed by atoms with Gasteiger partial charge in [-0.05, 0) is 31.9 Å². The summed E-state index contributed by atoms with van der Waals surface area (Å²) < 4.78 is 10.7. The maximum Gasteiger partial charge on any atom is 0.347 e. The molecule has 0 N–H and O–H groups in total. The molecular formula is C17H21NO3. The number of unbranched alkanes of at least 4 members (excludes halogenated alkanes) is 1. The molecule has 2 aromatic rings. The van der Waals surface area contributed by atoms with Crippen LogP contribution in [-0.2, 0) is 9.53 Å². The van der Waals surface area contributed by atoms with E-state index in [9.17, 15) is 4.79 Å². The van der Waals surface area contributed by atoms with Gasteiger partial charge in [-0.3, -0.25) is 0 Å². The monoisotopic (exact) mass is 287 g/mol. The molecule has 0 saturated heterocycles. The molecule has 0 bridgehead atoms. The Morgan fingerprint density at radius 3 is 2.81 bits per heavy atom. The van der Waals surface area contributed by atoms with E-state index < -0.39 is 6.10 Å². The number of hydrogen-bond donors (Lipinski definition) is 0. The highest BCUT2D eigenvalue weighted by Gasteiger charge is 2.21. The van der Waals surface area contributed by atoms with Gasteiger partial charge < -0.3 is 9.47 Å². The fourth-order valence-corrected chi connectivity index (χ4v) is 2.21. The van der Waals surface area contributed by atoms with Crippen molar-refractivity contribution in [2.24, 2.45) is 0 Å². The second-order valence-electron chi connectivity index (χ2n) is 5.05. The van der Waals surface area contributed by atoms with E-state index in [2.05, 4.69) is 11.9 Å². The molecule has 0 amide bonds. The van der Waals surface area contributed by atoms with Crippen LogP contribution in [0.2, 0.25) is 0 Å². The van der Waals surface area contributed by atoms with Crippen LogP contribution in [0.3, 0.4) is 0 Å². The third-order valence-electron chi connectivity index (χ3n) is 3.38. The standard InChI is InChI=1S/C17H21NO3/c1-4-5-8-15(17(19)20-3)21-14-9-6-7-13-11-10-12(2)18-16(13)14/h6-7,9-11,15H,4-5,8H2,1-3H3. The number of nitrogens with zero attached hydrogens (tertiary/aromatic N) is 1. The molecule has 0 radical (unpaired) electrons. The van der Waals surface area contributed by atoms with Crippen molar-refractivity contribution in [3.63, 3.8) is 0 Å². The third kappa shape index (κ3) is 3.72. The summed E-state index contributed by atoms with van der Waals surface area (Å²) in [6.45, 7) is 4.02. The molecule has 0 aliphatic rings. The number of ether oxygens (including phenoxy) is 2. The van der Waals surface area contributed by atoms with Crippen LogP contribution in [0, 0.1) is 6.92 Å². The molecule has 0 aliphatic heterocycles. The van der Waals surface area contributed by atoms with Crippen LogP contribution >= 0.6 is 0 Å². The van der Waals surface area contributed by atoms with Crippen LogP contribution in [0.15, 0.2) is 30.3 Å². The highest BCUT2D eigenvalue weighted by Crippen LogP contribution is 2.26. The van der Waals surface area contributed by atoms with Crippen molar-refractivity contribution < 1.29 is 14.3 Å². The largest absolute Gasteiger partial charge is 0.476 e. The number of aromatic nitrogens is 1. The van der Waals surface area contributed by atoms with E-state index in [0.717, 1.165) is 29.4 Å². The number of methoxy groups -OCH3 is 1. The molecule has 0 saturated carbocycles. The average Bonchev–Trinajstić information content (AvgIpc) is 2.50. The maximum atomic E-state index is 11.9. The van der Waals surface area contributed by atoms with E-state index in [4.69, 9.17) is 9.47 Å². The first-order valence-electron chi connectivity index (χ1n) is 7.26. The van der Waals surface area contributed by atoms with Crippen LogP contribution < -0.4 is 4.74 Å². The van der Waals surface area contributed by atoms with Crippen molar-refractivity contribution in [2.75, 3.05) is 7.11 Å². The Labute approximate surface area is 125 Å². The molecule has 1 aromatic carbocycles. The highest BCUT2D eigenvalue weighted by molar-refractivity contribution is 5.85. The zero-order chi connectivity index (χ0) is 15.2. The van der Waals surface area contributed by atoms with E-state index in [0.29, 0.717) is 12.2 Å². The number of rotatable bonds is 6. The molecule has 1 atom stereocenters. The van der Waals surface area contributed by atoms with Crippen LogP contribution in [0.25, 0.3) is 10.9 Å². The van der Waals surface area contributed by atoms with Gasteiger partial charge in [0.25, 0.3) is 0 Å². The van der Waals surface area contributed by atoms with E-state index >= 15 is 0 Å². The number of aryl methyl sites for hydroxylation is 1. The minimum absolute atomic E-state index is 0.340. The van der Waals surface area contributed by atoms with Gasteiger partial charge in [0.05, 0.1) is 7.11 Å². The van der Waals surface area contributed by atoms with Crippen molar-refractivity contribution in [3.05, 3.63) is 36.0 Å². The zero-order valence-electron chi connectivity index (χ0n) is 12.8. The van der Waals surface area contributed by atoms with Gasteiger partial charge in [0.2, 0.25) is 0 Å². The van der Waals surface area contributed by atoms with Gasteiger partial charge in [-0.1, -0.05) is 31.5 Å². The van der Waals surface area contributed by atoms with Crippen LogP contribution in [0.5, 0.6) is 5.75 Å². The molecule has 0 fully saturated rings.